The largest absolute Gasteiger partial charge is 0.466 e. The van der Waals surface area contributed by atoms with Crippen LogP contribution in [0.3, 0.4) is 0 Å². The van der Waals surface area contributed by atoms with Crippen LogP contribution in [0.1, 0.15) is 31.0 Å². The smallest absolute Gasteiger partial charge is 0.330 e. The van der Waals surface area contributed by atoms with Gasteiger partial charge >= 0.3 is 5.97 Å². The Morgan fingerprint density at radius 1 is 1.28 bits per heavy atom. The van der Waals surface area contributed by atoms with Crippen LogP contribution in [-0.4, -0.2) is 58.9 Å². The standard InChI is InChI=1S/C23H28N6O3/c1-16(2)29-15-25-20-21(26-23(27-22(20)29)28-9-11-32-12-10-28)24-14-18-6-4-5-17(13-18)7-8-19(30)31-3/h4-8,13,15-16H,9-12,14H2,1-3H3,(H,24,26,27)/b8-7+. The van der Waals surface area contributed by atoms with Gasteiger partial charge in [0.2, 0.25) is 5.95 Å². The molecule has 0 aliphatic carbocycles. The number of ether oxygens (including phenoxy) is 2. The number of methoxy groups -OCH3 is 1. The zero-order valence-corrected chi connectivity index (χ0v) is 18.6. The van der Waals surface area contributed by atoms with Crippen LogP contribution in [0.25, 0.3) is 17.2 Å². The van der Waals surface area contributed by atoms with Crippen LogP contribution in [0.2, 0.25) is 0 Å². The van der Waals surface area contributed by atoms with Gasteiger partial charge in [-0.2, -0.15) is 9.97 Å². The Hall–Kier alpha value is -3.46. The lowest BCUT2D eigenvalue weighted by molar-refractivity contribution is -0.134. The van der Waals surface area contributed by atoms with Gasteiger partial charge in [-0.05, 0) is 37.1 Å². The van der Waals surface area contributed by atoms with Gasteiger partial charge < -0.3 is 24.3 Å². The Kier molecular flexibility index (Phi) is 6.65. The van der Waals surface area contributed by atoms with E-state index in [1.54, 1.807) is 6.08 Å². The molecule has 32 heavy (non-hydrogen) atoms. The number of nitrogens with one attached hydrogen (secondary N) is 1. The first-order valence-electron chi connectivity index (χ1n) is 10.7. The molecule has 4 rings (SSSR count). The van der Waals surface area contributed by atoms with Crippen molar-refractivity contribution >= 4 is 35.0 Å². The molecule has 1 aliphatic heterocycles. The van der Waals surface area contributed by atoms with Crippen molar-refractivity contribution in [1.29, 1.82) is 0 Å². The fourth-order valence-electron chi connectivity index (χ4n) is 3.54. The van der Waals surface area contributed by atoms with Gasteiger partial charge in [0.25, 0.3) is 0 Å². The summed E-state index contributed by atoms with van der Waals surface area (Å²) < 4.78 is 12.2. The second-order valence-electron chi connectivity index (χ2n) is 7.84. The number of carbonyl (C=O) groups excluding carboxylic acids is 1. The van der Waals surface area contributed by atoms with Crippen molar-refractivity contribution in [3.63, 3.8) is 0 Å². The van der Waals surface area contributed by atoms with E-state index in [4.69, 9.17) is 14.7 Å². The lowest BCUT2D eigenvalue weighted by Gasteiger charge is -2.27. The number of hydrogen-bond acceptors (Lipinski definition) is 8. The summed E-state index contributed by atoms with van der Waals surface area (Å²) in [7, 11) is 1.36. The molecule has 9 heteroatoms. The van der Waals surface area contributed by atoms with Crippen LogP contribution in [0, 0.1) is 0 Å². The maximum Gasteiger partial charge on any atom is 0.330 e. The molecule has 0 radical (unpaired) electrons. The number of hydrogen-bond donors (Lipinski definition) is 1. The molecule has 3 heterocycles. The van der Waals surface area contributed by atoms with Crippen LogP contribution in [-0.2, 0) is 20.8 Å². The lowest BCUT2D eigenvalue weighted by Crippen LogP contribution is -2.37. The Labute approximate surface area is 187 Å². The van der Waals surface area contributed by atoms with Crippen LogP contribution >= 0.6 is 0 Å². The molecule has 0 saturated carbocycles. The zero-order chi connectivity index (χ0) is 22.5. The fraction of sp³-hybridized carbons (Fsp3) is 0.391. The van der Waals surface area contributed by atoms with Gasteiger partial charge in [0.15, 0.2) is 17.0 Å². The Bertz CT molecular complexity index is 1120. The minimum atomic E-state index is -0.381. The van der Waals surface area contributed by atoms with Gasteiger partial charge in [0.05, 0.1) is 26.7 Å². The number of morpholine rings is 1. The van der Waals surface area contributed by atoms with Crippen molar-refractivity contribution in [2.45, 2.75) is 26.4 Å². The molecular weight excluding hydrogens is 408 g/mol. The van der Waals surface area contributed by atoms with E-state index in [0.29, 0.717) is 31.5 Å². The maximum atomic E-state index is 11.4. The number of nitrogens with zero attached hydrogens (tertiary/aromatic N) is 5. The first-order chi connectivity index (χ1) is 15.5. The van der Waals surface area contributed by atoms with Crippen molar-refractivity contribution < 1.29 is 14.3 Å². The van der Waals surface area contributed by atoms with Crippen molar-refractivity contribution in [2.75, 3.05) is 43.6 Å². The molecule has 0 amide bonds. The van der Waals surface area contributed by atoms with E-state index < -0.39 is 0 Å². The normalized spacial score (nSPS) is 14.4. The number of carbonyl (C=O) groups is 1. The summed E-state index contributed by atoms with van der Waals surface area (Å²) in [6, 6.07) is 8.17. The highest BCUT2D eigenvalue weighted by Gasteiger charge is 2.20. The Morgan fingerprint density at radius 2 is 2.09 bits per heavy atom. The molecule has 3 aromatic rings. The third-order valence-corrected chi connectivity index (χ3v) is 5.28. The van der Waals surface area contributed by atoms with Crippen molar-refractivity contribution in [3.8, 4) is 0 Å². The Morgan fingerprint density at radius 3 is 2.84 bits per heavy atom. The summed E-state index contributed by atoms with van der Waals surface area (Å²) in [5, 5.41) is 3.44. The van der Waals surface area contributed by atoms with E-state index in [0.717, 1.165) is 35.4 Å². The SMILES string of the molecule is COC(=O)/C=C/c1cccc(CNc2nc(N3CCOCC3)nc3c2ncn3C(C)C)c1. The van der Waals surface area contributed by atoms with Crippen LogP contribution in [0.15, 0.2) is 36.7 Å². The highest BCUT2D eigenvalue weighted by molar-refractivity contribution is 5.87. The topological polar surface area (TPSA) is 94.4 Å². The molecular formula is C23H28N6O3. The van der Waals surface area contributed by atoms with E-state index >= 15 is 0 Å². The number of rotatable bonds is 7. The predicted octanol–water partition coefficient (Wildman–Crippen LogP) is 3.04. The van der Waals surface area contributed by atoms with Crippen molar-refractivity contribution in [3.05, 3.63) is 47.8 Å². The molecule has 9 nitrogen and oxygen atoms in total. The van der Waals surface area contributed by atoms with E-state index in [-0.39, 0.29) is 12.0 Å². The van der Waals surface area contributed by atoms with Gasteiger partial charge in [0.1, 0.15) is 0 Å². The summed E-state index contributed by atoms with van der Waals surface area (Å²) in [4.78, 5) is 27.7. The first-order valence-corrected chi connectivity index (χ1v) is 10.7. The molecule has 1 fully saturated rings. The lowest BCUT2D eigenvalue weighted by atomic mass is 10.1. The van der Waals surface area contributed by atoms with Gasteiger partial charge in [-0.1, -0.05) is 18.2 Å². The summed E-state index contributed by atoms with van der Waals surface area (Å²) in [6.45, 7) is 7.63. The molecule has 1 aromatic carbocycles. The van der Waals surface area contributed by atoms with E-state index in [2.05, 4.69) is 38.4 Å². The fourth-order valence-corrected chi connectivity index (χ4v) is 3.54. The van der Waals surface area contributed by atoms with E-state index in [1.165, 1.54) is 13.2 Å². The monoisotopic (exact) mass is 436 g/mol. The minimum Gasteiger partial charge on any atom is -0.466 e. The molecule has 168 valence electrons. The average molecular weight is 437 g/mol. The number of anilines is 2. The second kappa shape index (κ2) is 9.78. The van der Waals surface area contributed by atoms with Crippen LogP contribution in [0.5, 0.6) is 0 Å². The quantitative estimate of drug-likeness (QED) is 0.446. The molecule has 0 atom stereocenters. The summed E-state index contributed by atoms with van der Waals surface area (Å²) >= 11 is 0. The molecule has 1 N–H and O–H groups in total. The van der Waals surface area contributed by atoms with Crippen LogP contribution in [0.4, 0.5) is 11.8 Å². The second-order valence-corrected chi connectivity index (χ2v) is 7.84. The Balaban J connectivity index is 1.61. The van der Waals surface area contributed by atoms with Gasteiger partial charge in [-0.15, -0.1) is 0 Å². The first kappa shape index (κ1) is 21.8. The van der Waals surface area contributed by atoms with E-state index in [1.807, 2.05) is 30.6 Å². The highest BCUT2D eigenvalue weighted by atomic mass is 16.5. The predicted molar refractivity (Wildman–Crippen MR) is 124 cm³/mol. The molecule has 0 spiro atoms. The summed E-state index contributed by atoms with van der Waals surface area (Å²) in [5.41, 5.74) is 3.53. The van der Waals surface area contributed by atoms with Crippen molar-refractivity contribution in [1.82, 2.24) is 19.5 Å². The summed E-state index contributed by atoms with van der Waals surface area (Å²) in [5.74, 6) is 1.00. The number of esters is 1. The third kappa shape index (κ3) is 4.88. The third-order valence-electron chi connectivity index (χ3n) is 5.28. The molecule has 2 aromatic heterocycles. The number of imidazole rings is 1. The van der Waals surface area contributed by atoms with Gasteiger partial charge in [-0.3, -0.25) is 0 Å². The number of fused-ring (bicyclic) bond motifs is 1. The van der Waals surface area contributed by atoms with Gasteiger partial charge in [0, 0.05) is 31.8 Å². The maximum absolute atomic E-state index is 11.4. The summed E-state index contributed by atoms with van der Waals surface area (Å²) in [6.07, 6.45) is 4.96. The average Bonchev–Trinajstić information content (AvgIpc) is 3.26. The van der Waals surface area contributed by atoms with Crippen LogP contribution < -0.4 is 10.2 Å². The van der Waals surface area contributed by atoms with Crippen molar-refractivity contribution in [2.24, 2.45) is 0 Å². The molecule has 0 bridgehead atoms. The highest BCUT2D eigenvalue weighted by Crippen LogP contribution is 2.25. The minimum absolute atomic E-state index is 0.235. The van der Waals surface area contributed by atoms with Gasteiger partial charge in [-0.25, -0.2) is 9.78 Å². The molecule has 1 saturated heterocycles. The number of aromatic nitrogens is 4. The van der Waals surface area contributed by atoms with E-state index in [9.17, 15) is 4.79 Å². The molecule has 1 aliphatic rings. The number of benzene rings is 1. The molecule has 0 unspecified atom stereocenters. The zero-order valence-electron chi connectivity index (χ0n) is 18.6.